The molecule has 0 spiro atoms. The number of allylic oxidation sites excluding steroid dienone is 1. The third-order valence-electron chi connectivity index (χ3n) is 12.8. The lowest BCUT2D eigenvalue weighted by Gasteiger charge is -2.58. The number of nitrogens with one attached hydrogen (secondary N) is 1. The molecule has 230 valence electrons. The van der Waals surface area contributed by atoms with Crippen LogP contribution in [0.15, 0.2) is 42.1 Å². The van der Waals surface area contributed by atoms with Gasteiger partial charge in [-0.15, -0.1) is 0 Å². The summed E-state index contributed by atoms with van der Waals surface area (Å²) >= 11 is 0. The van der Waals surface area contributed by atoms with Crippen molar-refractivity contribution in [3.05, 3.63) is 42.1 Å². The highest BCUT2D eigenvalue weighted by atomic mass is 16.5. The summed E-state index contributed by atoms with van der Waals surface area (Å²) in [7, 11) is 0. The Morgan fingerprint density at radius 1 is 1.02 bits per heavy atom. The van der Waals surface area contributed by atoms with Crippen LogP contribution in [0.5, 0.6) is 5.75 Å². The zero-order chi connectivity index (χ0) is 29.5. The van der Waals surface area contributed by atoms with Crippen molar-refractivity contribution in [2.75, 3.05) is 18.5 Å². The van der Waals surface area contributed by atoms with Gasteiger partial charge in [0, 0.05) is 23.8 Å². The maximum Gasteiger partial charge on any atom is 0.141 e. The number of fused-ring (bicyclic) bond motifs is 6. The smallest absolute Gasteiger partial charge is 0.141 e. The second-order valence-corrected chi connectivity index (χ2v) is 15.5. The van der Waals surface area contributed by atoms with Gasteiger partial charge in [0.15, 0.2) is 0 Å². The van der Waals surface area contributed by atoms with Crippen molar-refractivity contribution < 1.29 is 9.84 Å². The number of anilines is 1. The Kier molecular flexibility index (Phi) is 8.66. The van der Waals surface area contributed by atoms with Crippen molar-refractivity contribution in [2.45, 2.75) is 111 Å². The normalized spacial score (nSPS) is 34.9. The molecule has 8 atom stereocenters. The lowest BCUT2D eigenvalue weighted by Crippen LogP contribution is -2.51. The molecule has 4 aliphatic rings. The predicted octanol–water partition coefficient (Wildman–Crippen LogP) is 9.78. The molecule has 2 N–H and O–H groups in total. The topological polar surface area (TPSA) is 54.4 Å². The molecule has 1 heterocycles. The van der Waals surface area contributed by atoms with Crippen LogP contribution in [0.3, 0.4) is 0 Å². The van der Waals surface area contributed by atoms with Crippen LogP contribution in [0.1, 0.15) is 105 Å². The van der Waals surface area contributed by atoms with E-state index >= 15 is 0 Å². The van der Waals surface area contributed by atoms with Gasteiger partial charge in [-0.1, -0.05) is 65.5 Å². The number of hydrogen-bond acceptors (Lipinski definition) is 4. The monoisotopic (exact) mass is 572 g/mol. The molecule has 0 saturated heterocycles. The fraction of sp³-hybridized carbons (Fsp3) is 0.711. The average molecular weight is 573 g/mol. The second-order valence-electron chi connectivity index (χ2n) is 15.5. The molecule has 4 nitrogen and oxygen atoms in total. The third kappa shape index (κ3) is 5.51. The molecule has 0 radical (unpaired) electrons. The van der Waals surface area contributed by atoms with Crippen molar-refractivity contribution >= 4 is 16.6 Å². The zero-order valence-corrected chi connectivity index (χ0v) is 27.0. The molecule has 4 heteroatoms. The third-order valence-corrected chi connectivity index (χ3v) is 12.8. The number of pyridine rings is 1. The maximum atomic E-state index is 10.1. The molecular formula is C38H56N2O2. The molecule has 0 bridgehead atoms. The zero-order valence-electron chi connectivity index (χ0n) is 27.0. The highest BCUT2D eigenvalue weighted by Crippen LogP contribution is 2.67. The number of aromatic nitrogens is 1. The van der Waals surface area contributed by atoms with Gasteiger partial charge >= 0.3 is 0 Å². The van der Waals surface area contributed by atoms with E-state index in [0.717, 1.165) is 59.5 Å². The van der Waals surface area contributed by atoms with Gasteiger partial charge in [0.2, 0.25) is 0 Å². The summed E-state index contributed by atoms with van der Waals surface area (Å²) in [6.07, 6.45) is 19.7. The van der Waals surface area contributed by atoms with Crippen LogP contribution in [0.25, 0.3) is 10.9 Å². The van der Waals surface area contributed by atoms with Gasteiger partial charge in [0.05, 0.1) is 12.7 Å². The van der Waals surface area contributed by atoms with Crippen LogP contribution >= 0.6 is 0 Å². The maximum absolute atomic E-state index is 10.1. The Hall–Kier alpha value is -2.07. The number of rotatable bonds is 10. The van der Waals surface area contributed by atoms with E-state index in [4.69, 9.17) is 4.74 Å². The van der Waals surface area contributed by atoms with E-state index in [2.05, 4.69) is 51.0 Å². The molecule has 4 aliphatic carbocycles. The molecule has 2 aromatic rings. The Morgan fingerprint density at radius 2 is 1.88 bits per heavy atom. The van der Waals surface area contributed by atoms with Crippen LogP contribution in [0.4, 0.5) is 5.69 Å². The first kappa shape index (κ1) is 30.0. The molecule has 0 aliphatic heterocycles. The van der Waals surface area contributed by atoms with Gasteiger partial charge in [0.1, 0.15) is 11.3 Å². The van der Waals surface area contributed by atoms with Gasteiger partial charge in [0.25, 0.3) is 0 Å². The first-order valence-corrected chi connectivity index (χ1v) is 17.3. The van der Waals surface area contributed by atoms with Crippen LogP contribution < -0.4 is 5.32 Å². The molecule has 1 aromatic heterocycles. The Bertz CT molecular complexity index is 1270. The Morgan fingerprint density at radius 3 is 2.71 bits per heavy atom. The standard InChI is InChI=1S/C38H56N2O2/c1-25(2)8-6-9-26(3)31-13-14-32-29-12-11-27-24-28(17-19-37(27,4)33(29)18-20-38(31,32)5)42-23-22-39-34-15-16-35(41)36-30(34)10-7-21-40-36/h7,10-11,15-16,21,25-26,28-29,31-33,39,41H,6,8-9,12-14,17-20,22-24H2,1-5H3/t26-,28+,29?,31-,32?,33?,37+,38-/m1/s1. The Balaban J connectivity index is 1.04. The van der Waals surface area contributed by atoms with Gasteiger partial charge in [-0.3, -0.25) is 4.98 Å². The molecule has 3 saturated carbocycles. The van der Waals surface area contributed by atoms with E-state index in [9.17, 15) is 5.11 Å². The summed E-state index contributed by atoms with van der Waals surface area (Å²) in [5, 5.41) is 14.6. The first-order valence-electron chi connectivity index (χ1n) is 17.3. The number of hydrogen-bond donors (Lipinski definition) is 2. The molecule has 3 unspecified atom stereocenters. The van der Waals surface area contributed by atoms with E-state index in [0.29, 0.717) is 29.1 Å². The van der Waals surface area contributed by atoms with Gasteiger partial charge < -0.3 is 15.2 Å². The largest absolute Gasteiger partial charge is 0.506 e. The predicted molar refractivity (Wildman–Crippen MR) is 175 cm³/mol. The highest BCUT2D eigenvalue weighted by Gasteiger charge is 2.59. The Labute approximate surface area is 255 Å². The van der Waals surface area contributed by atoms with Crippen molar-refractivity contribution in [3.8, 4) is 5.75 Å². The lowest BCUT2D eigenvalue weighted by molar-refractivity contribution is -0.0632. The van der Waals surface area contributed by atoms with Crippen LogP contribution in [0.2, 0.25) is 0 Å². The SMILES string of the molecule is CC(C)CCC[C@@H](C)[C@H]1CCC2C3CC=C4C[C@@H](OCCNc5ccc(O)c6ncccc56)CC[C@]4(C)C3CC[C@@]21C. The van der Waals surface area contributed by atoms with E-state index in [-0.39, 0.29) is 5.75 Å². The lowest BCUT2D eigenvalue weighted by atomic mass is 9.47. The number of nitrogens with zero attached hydrogens (tertiary/aromatic N) is 1. The summed E-state index contributed by atoms with van der Waals surface area (Å²) in [4.78, 5) is 4.34. The van der Waals surface area contributed by atoms with Crippen LogP contribution in [0, 0.1) is 46.3 Å². The summed E-state index contributed by atoms with van der Waals surface area (Å²) in [5.74, 6) is 5.56. The van der Waals surface area contributed by atoms with Crippen molar-refractivity contribution in [2.24, 2.45) is 46.3 Å². The number of ether oxygens (including phenoxy) is 1. The number of phenols is 1. The molecule has 1 aromatic carbocycles. The van der Waals surface area contributed by atoms with Crippen molar-refractivity contribution in [1.29, 1.82) is 0 Å². The highest BCUT2D eigenvalue weighted by molar-refractivity contribution is 5.94. The molecular weight excluding hydrogens is 516 g/mol. The van der Waals surface area contributed by atoms with Crippen molar-refractivity contribution in [1.82, 2.24) is 4.98 Å². The van der Waals surface area contributed by atoms with E-state index in [1.54, 1.807) is 17.8 Å². The summed E-state index contributed by atoms with van der Waals surface area (Å²) < 4.78 is 6.47. The minimum absolute atomic E-state index is 0.225. The summed E-state index contributed by atoms with van der Waals surface area (Å²) in [6, 6.07) is 7.57. The minimum atomic E-state index is 0.225. The fourth-order valence-corrected chi connectivity index (χ4v) is 10.5. The van der Waals surface area contributed by atoms with Crippen LogP contribution in [-0.4, -0.2) is 29.3 Å². The molecule has 0 amide bonds. The fourth-order valence-electron chi connectivity index (χ4n) is 10.5. The number of benzene rings is 1. The van der Waals surface area contributed by atoms with E-state index in [1.165, 1.54) is 64.2 Å². The average Bonchev–Trinajstić information content (AvgIpc) is 3.33. The van der Waals surface area contributed by atoms with Gasteiger partial charge in [-0.2, -0.15) is 0 Å². The summed E-state index contributed by atoms with van der Waals surface area (Å²) in [6.45, 7) is 14.1. The minimum Gasteiger partial charge on any atom is -0.506 e. The number of aromatic hydroxyl groups is 1. The van der Waals surface area contributed by atoms with E-state index in [1.807, 2.05) is 18.2 Å². The molecule has 42 heavy (non-hydrogen) atoms. The van der Waals surface area contributed by atoms with Crippen LogP contribution in [-0.2, 0) is 4.74 Å². The first-order chi connectivity index (χ1) is 20.2. The van der Waals surface area contributed by atoms with Crippen molar-refractivity contribution in [3.63, 3.8) is 0 Å². The second kappa shape index (κ2) is 12.1. The number of phenolic OH excluding ortho intramolecular Hbond substituents is 1. The molecule has 6 rings (SSSR count). The quantitative estimate of drug-likeness (QED) is 0.169. The van der Waals surface area contributed by atoms with Gasteiger partial charge in [-0.25, -0.2) is 0 Å². The van der Waals surface area contributed by atoms with E-state index < -0.39 is 0 Å². The van der Waals surface area contributed by atoms with Gasteiger partial charge in [-0.05, 0) is 122 Å². The molecule has 3 fully saturated rings. The summed E-state index contributed by atoms with van der Waals surface area (Å²) in [5.41, 5.74) is 4.29.